The van der Waals surface area contributed by atoms with Crippen LogP contribution in [-0.2, 0) is 0 Å². The van der Waals surface area contributed by atoms with E-state index >= 15 is 0 Å². The van der Waals surface area contributed by atoms with Crippen LogP contribution in [0.4, 0.5) is 17.1 Å². The zero-order valence-electron chi connectivity index (χ0n) is 23.9. The minimum absolute atomic E-state index is 0.881. The van der Waals surface area contributed by atoms with Gasteiger partial charge in [-0.05, 0) is 74.5 Å². The van der Waals surface area contributed by atoms with Gasteiger partial charge in [-0.2, -0.15) is 0 Å². The summed E-state index contributed by atoms with van der Waals surface area (Å²) in [6.45, 7) is 0. The van der Waals surface area contributed by atoms with Gasteiger partial charge in [0.25, 0.3) is 0 Å². The van der Waals surface area contributed by atoms with Crippen molar-refractivity contribution >= 4 is 71.3 Å². The fourth-order valence-electron chi connectivity index (χ4n) is 6.77. The quantitative estimate of drug-likeness (QED) is 0.199. The molecule has 0 unspecified atom stereocenters. The smallest absolute Gasteiger partial charge is 0.137 e. The van der Waals surface area contributed by atoms with E-state index in [9.17, 15) is 0 Å². The first-order valence-corrected chi connectivity index (χ1v) is 15.0. The van der Waals surface area contributed by atoms with Gasteiger partial charge in [-0.1, -0.05) is 121 Å². The summed E-state index contributed by atoms with van der Waals surface area (Å²) in [5, 5.41) is 9.68. The van der Waals surface area contributed by atoms with Crippen LogP contribution in [0.3, 0.4) is 0 Å². The number of anilines is 3. The van der Waals surface area contributed by atoms with Crippen LogP contribution >= 0.6 is 0 Å². The Morgan fingerprint density at radius 2 is 0.977 bits per heavy atom. The number of rotatable bonds is 4. The molecule has 0 aliphatic rings. The number of para-hydroxylation sites is 1. The SMILES string of the molecule is c1ccc2c(-c3ccc(N(c4ccc5c(c4)oc4ccccc45)c4cc5ccccc5c5ccccc45)cc3)cccc2c1. The van der Waals surface area contributed by atoms with Crippen molar-refractivity contribution < 1.29 is 4.42 Å². The predicted octanol–water partition coefficient (Wildman–Crippen LogP) is 12.2. The third kappa shape index (κ3) is 3.89. The van der Waals surface area contributed by atoms with Crippen molar-refractivity contribution in [1.29, 1.82) is 0 Å². The molecular weight excluding hydrogens is 534 g/mol. The average molecular weight is 562 g/mol. The van der Waals surface area contributed by atoms with Crippen LogP contribution in [0.1, 0.15) is 0 Å². The van der Waals surface area contributed by atoms with Crippen molar-refractivity contribution in [2.24, 2.45) is 0 Å². The van der Waals surface area contributed by atoms with Crippen LogP contribution < -0.4 is 4.90 Å². The monoisotopic (exact) mass is 561 g/mol. The van der Waals surface area contributed by atoms with Crippen LogP contribution in [0.2, 0.25) is 0 Å². The Kier molecular flexibility index (Phi) is 5.54. The molecule has 0 saturated heterocycles. The van der Waals surface area contributed by atoms with Crippen LogP contribution in [0.15, 0.2) is 168 Å². The molecule has 2 heteroatoms. The summed E-state index contributed by atoms with van der Waals surface area (Å²) >= 11 is 0. The predicted molar refractivity (Wildman–Crippen MR) is 186 cm³/mol. The largest absolute Gasteiger partial charge is 0.456 e. The highest BCUT2D eigenvalue weighted by atomic mass is 16.3. The van der Waals surface area contributed by atoms with Crippen LogP contribution in [-0.4, -0.2) is 0 Å². The molecule has 0 radical (unpaired) electrons. The lowest BCUT2D eigenvalue weighted by atomic mass is 9.97. The highest BCUT2D eigenvalue weighted by Crippen LogP contribution is 2.44. The molecular formula is C42H27NO. The normalized spacial score (nSPS) is 11.6. The van der Waals surface area contributed by atoms with Gasteiger partial charge in [-0.15, -0.1) is 0 Å². The summed E-state index contributed by atoms with van der Waals surface area (Å²) in [4.78, 5) is 2.37. The topological polar surface area (TPSA) is 16.4 Å². The van der Waals surface area contributed by atoms with Gasteiger partial charge in [-0.3, -0.25) is 0 Å². The molecule has 1 aromatic heterocycles. The molecule has 0 spiro atoms. The van der Waals surface area contributed by atoms with Crippen molar-refractivity contribution in [1.82, 2.24) is 0 Å². The van der Waals surface area contributed by atoms with Crippen LogP contribution in [0.5, 0.6) is 0 Å². The van der Waals surface area contributed by atoms with Gasteiger partial charge in [0.15, 0.2) is 0 Å². The van der Waals surface area contributed by atoms with Gasteiger partial charge >= 0.3 is 0 Å². The Morgan fingerprint density at radius 3 is 1.82 bits per heavy atom. The summed E-state index contributed by atoms with van der Waals surface area (Å²) in [6.07, 6.45) is 0. The van der Waals surface area contributed by atoms with Crippen molar-refractivity contribution in [2.75, 3.05) is 4.90 Å². The first kappa shape index (κ1) is 24.7. The first-order valence-electron chi connectivity index (χ1n) is 15.0. The second kappa shape index (κ2) is 9.86. The zero-order chi connectivity index (χ0) is 29.0. The molecule has 0 fully saturated rings. The molecule has 0 amide bonds. The number of furan rings is 1. The first-order chi connectivity index (χ1) is 21.8. The lowest BCUT2D eigenvalue weighted by Crippen LogP contribution is -2.10. The maximum atomic E-state index is 6.36. The van der Waals surface area contributed by atoms with E-state index < -0.39 is 0 Å². The van der Waals surface area contributed by atoms with E-state index in [1.165, 1.54) is 43.4 Å². The Balaban J connectivity index is 1.28. The maximum absolute atomic E-state index is 6.36. The second-order valence-electron chi connectivity index (χ2n) is 11.4. The standard InChI is InChI=1S/C42H27NO/c1-3-13-33-28(10-1)12-9-18-34(33)29-20-22-31(23-21-29)43(32-24-25-39-38-17-7-8-19-41(38)44-42(39)27-32)40-26-30-11-2-4-14-35(30)36-15-5-6-16-37(36)40/h1-27H. The Hall–Kier alpha value is -5.86. The van der Waals surface area contributed by atoms with Crippen molar-refractivity contribution in [3.05, 3.63) is 164 Å². The molecule has 9 rings (SSSR count). The average Bonchev–Trinajstić information content (AvgIpc) is 3.46. The van der Waals surface area contributed by atoms with Gasteiger partial charge in [0.05, 0.1) is 5.69 Å². The molecule has 0 N–H and O–H groups in total. The van der Waals surface area contributed by atoms with Crippen molar-refractivity contribution in [3.63, 3.8) is 0 Å². The molecule has 0 bridgehead atoms. The van der Waals surface area contributed by atoms with Gasteiger partial charge in [-0.25, -0.2) is 0 Å². The van der Waals surface area contributed by atoms with E-state index in [-0.39, 0.29) is 0 Å². The molecule has 0 saturated carbocycles. The van der Waals surface area contributed by atoms with Crippen LogP contribution in [0.25, 0.3) is 65.4 Å². The number of hydrogen-bond acceptors (Lipinski definition) is 2. The molecule has 206 valence electrons. The minimum atomic E-state index is 0.881. The summed E-state index contributed by atoms with van der Waals surface area (Å²) in [6, 6.07) is 58.6. The summed E-state index contributed by atoms with van der Waals surface area (Å²) in [7, 11) is 0. The highest BCUT2D eigenvalue weighted by Gasteiger charge is 2.19. The van der Waals surface area contributed by atoms with E-state index in [4.69, 9.17) is 4.42 Å². The van der Waals surface area contributed by atoms with E-state index in [0.717, 1.165) is 39.0 Å². The fraction of sp³-hybridized carbons (Fsp3) is 0. The molecule has 9 aromatic rings. The molecule has 1 heterocycles. The van der Waals surface area contributed by atoms with Gasteiger partial charge in [0.2, 0.25) is 0 Å². The number of fused-ring (bicyclic) bond motifs is 7. The second-order valence-corrected chi connectivity index (χ2v) is 11.4. The summed E-state index contributed by atoms with van der Waals surface area (Å²) in [5.41, 5.74) is 7.49. The molecule has 0 aliphatic heterocycles. The molecule has 8 aromatic carbocycles. The van der Waals surface area contributed by atoms with Gasteiger partial charge < -0.3 is 9.32 Å². The zero-order valence-corrected chi connectivity index (χ0v) is 23.9. The summed E-state index contributed by atoms with van der Waals surface area (Å²) in [5.74, 6) is 0. The summed E-state index contributed by atoms with van der Waals surface area (Å²) < 4.78 is 6.36. The van der Waals surface area contributed by atoms with Crippen molar-refractivity contribution in [3.8, 4) is 11.1 Å². The van der Waals surface area contributed by atoms with E-state index in [1.807, 2.05) is 12.1 Å². The maximum Gasteiger partial charge on any atom is 0.137 e. The van der Waals surface area contributed by atoms with E-state index in [1.54, 1.807) is 0 Å². The van der Waals surface area contributed by atoms with Gasteiger partial charge in [0.1, 0.15) is 11.2 Å². The van der Waals surface area contributed by atoms with Gasteiger partial charge in [0, 0.05) is 33.6 Å². The molecule has 44 heavy (non-hydrogen) atoms. The third-order valence-electron chi connectivity index (χ3n) is 8.83. The lowest BCUT2D eigenvalue weighted by Gasteiger charge is -2.28. The fourth-order valence-corrected chi connectivity index (χ4v) is 6.77. The van der Waals surface area contributed by atoms with Crippen LogP contribution in [0, 0.1) is 0 Å². The lowest BCUT2D eigenvalue weighted by molar-refractivity contribution is 0.669. The number of hydrogen-bond donors (Lipinski definition) is 0. The Bertz CT molecular complexity index is 2500. The molecule has 0 atom stereocenters. The number of nitrogens with zero attached hydrogens (tertiary/aromatic N) is 1. The highest BCUT2D eigenvalue weighted by molar-refractivity contribution is 6.15. The third-order valence-corrected chi connectivity index (χ3v) is 8.83. The van der Waals surface area contributed by atoms with Crippen molar-refractivity contribution in [2.45, 2.75) is 0 Å². The van der Waals surface area contributed by atoms with E-state index in [0.29, 0.717) is 0 Å². The van der Waals surface area contributed by atoms with E-state index in [2.05, 4.69) is 157 Å². The Labute approximate surface area is 255 Å². The molecule has 2 nitrogen and oxygen atoms in total. The Morgan fingerprint density at radius 1 is 0.364 bits per heavy atom. The number of benzene rings is 8. The molecule has 0 aliphatic carbocycles. The minimum Gasteiger partial charge on any atom is -0.456 e.